The minimum atomic E-state index is -1.09. The summed E-state index contributed by atoms with van der Waals surface area (Å²) in [5.74, 6) is -1.01. The zero-order valence-electron chi connectivity index (χ0n) is 16.6. The smallest absolute Gasteiger partial charge is 0.326 e. The van der Waals surface area contributed by atoms with Gasteiger partial charge in [0, 0.05) is 13.0 Å². The van der Waals surface area contributed by atoms with Gasteiger partial charge >= 0.3 is 5.97 Å². The molecule has 0 heterocycles. The zero-order chi connectivity index (χ0) is 20.0. The van der Waals surface area contributed by atoms with E-state index in [0.29, 0.717) is 5.75 Å². The summed E-state index contributed by atoms with van der Waals surface area (Å²) in [6.07, 6.45) is 0.193. The van der Waals surface area contributed by atoms with Crippen molar-refractivity contribution in [3.05, 3.63) is 29.8 Å². The van der Waals surface area contributed by atoms with Crippen LogP contribution in [0.3, 0.4) is 0 Å². The van der Waals surface area contributed by atoms with Gasteiger partial charge in [-0.15, -0.1) is 0 Å². The van der Waals surface area contributed by atoms with Gasteiger partial charge < -0.3 is 19.9 Å². The van der Waals surface area contributed by atoms with Crippen molar-refractivity contribution in [2.24, 2.45) is 0 Å². The Morgan fingerprint density at radius 1 is 1.08 bits per heavy atom. The van der Waals surface area contributed by atoms with Gasteiger partial charge in [-0.25, -0.2) is 4.79 Å². The zero-order valence-corrected chi connectivity index (χ0v) is 16.6. The average Bonchev–Trinajstić information content (AvgIpc) is 2.50. The Hall–Kier alpha value is -2.08. The SMILES string of the molecule is CC(C)(C)OCCC(NC(=O)COc1ccc(C(C)(C)C)cc1)C(=O)O. The molecule has 0 fully saturated rings. The fraction of sp³-hybridized carbons (Fsp3) is 0.600. The second-order valence-electron chi connectivity index (χ2n) is 8.27. The number of hydrogen-bond donors (Lipinski definition) is 2. The predicted octanol–water partition coefficient (Wildman–Crippen LogP) is 3.14. The lowest BCUT2D eigenvalue weighted by atomic mass is 9.87. The molecular formula is C20H31NO5. The first kappa shape index (κ1) is 22.0. The topological polar surface area (TPSA) is 84.9 Å². The van der Waals surface area contributed by atoms with Crippen LogP contribution in [-0.4, -0.2) is 41.8 Å². The molecule has 1 atom stereocenters. The summed E-state index contributed by atoms with van der Waals surface area (Å²) in [5, 5.41) is 11.7. The van der Waals surface area contributed by atoms with Crippen molar-refractivity contribution >= 4 is 11.9 Å². The predicted molar refractivity (Wildman–Crippen MR) is 101 cm³/mol. The highest BCUT2D eigenvalue weighted by Gasteiger charge is 2.21. The molecule has 0 radical (unpaired) electrons. The number of carbonyl (C=O) groups excluding carboxylic acids is 1. The first-order valence-electron chi connectivity index (χ1n) is 8.78. The van der Waals surface area contributed by atoms with Gasteiger partial charge in [0.2, 0.25) is 0 Å². The Morgan fingerprint density at radius 2 is 1.65 bits per heavy atom. The van der Waals surface area contributed by atoms with Crippen molar-refractivity contribution < 1.29 is 24.2 Å². The number of nitrogens with one attached hydrogen (secondary N) is 1. The minimum absolute atomic E-state index is 0.0414. The molecule has 0 saturated carbocycles. The van der Waals surface area contributed by atoms with Gasteiger partial charge in [0.05, 0.1) is 5.60 Å². The molecule has 0 saturated heterocycles. The number of aliphatic carboxylic acids is 1. The molecule has 0 spiro atoms. The standard InChI is InChI=1S/C20H31NO5/c1-19(2,3)14-7-9-15(10-8-14)25-13-17(22)21-16(18(23)24)11-12-26-20(4,5)6/h7-10,16H,11-13H2,1-6H3,(H,21,22)(H,23,24). The number of carboxylic acid groups (broad SMARTS) is 1. The normalized spacial score (nSPS) is 13.2. The molecule has 1 aromatic carbocycles. The molecule has 26 heavy (non-hydrogen) atoms. The molecule has 0 aliphatic carbocycles. The second kappa shape index (κ2) is 9.03. The molecule has 2 N–H and O–H groups in total. The number of amides is 1. The number of hydrogen-bond acceptors (Lipinski definition) is 4. The molecule has 6 heteroatoms. The Labute approximate surface area is 155 Å². The van der Waals surface area contributed by atoms with Crippen LogP contribution < -0.4 is 10.1 Å². The molecule has 1 amide bonds. The molecule has 146 valence electrons. The third-order valence-corrected chi connectivity index (χ3v) is 3.67. The number of benzene rings is 1. The van der Waals surface area contributed by atoms with Crippen LogP contribution in [0, 0.1) is 0 Å². The minimum Gasteiger partial charge on any atom is -0.484 e. The molecule has 0 aliphatic rings. The maximum Gasteiger partial charge on any atom is 0.326 e. The van der Waals surface area contributed by atoms with Gasteiger partial charge in [-0.2, -0.15) is 0 Å². The van der Waals surface area contributed by atoms with E-state index in [9.17, 15) is 14.7 Å². The van der Waals surface area contributed by atoms with E-state index in [1.165, 1.54) is 5.56 Å². The summed E-state index contributed by atoms with van der Waals surface area (Å²) in [6, 6.07) is 6.52. The van der Waals surface area contributed by atoms with Crippen molar-refractivity contribution in [3.63, 3.8) is 0 Å². The fourth-order valence-corrected chi connectivity index (χ4v) is 2.18. The maximum atomic E-state index is 12.0. The lowest BCUT2D eigenvalue weighted by molar-refractivity contribution is -0.143. The van der Waals surface area contributed by atoms with Crippen LogP contribution in [0.2, 0.25) is 0 Å². The molecule has 0 aliphatic heterocycles. The van der Waals surface area contributed by atoms with Crippen LogP contribution in [0.25, 0.3) is 0 Å². The van der Waals surface area contributed by atoms with Crippen LogP contribution >= 0.6 is 0 Å². The van der Waals surface area contributed by atoms with E-state index in [1.54, 1.807) is 12.1 Å². The summed E-state index contributed by atoms with van der Waals surface area (Å²) in [6.45, 7) is 12.0. The lowest BCUT2D eigenvalue weighted by Crippen LogP contribution is -2.44. The first-order chi connectivity index (χ1) is 11.9. The molecule has 0 bridgehead atoms. The van der Waals surface area contributed by atoms with Crippen molar-refractivity contribution in [2.75, 3.05) is 13.2 Å². The summed E-state index contributed by atoms with van der Waals surface area (Å²) < 4.78 is 11.0. The van der Waals surface area contributed by atoms with Crippen molar-refractivity contribution in [1.82, 2.24) is 5.32 Å². The Bertz CT molecular complexity index is 596. The first-order valence-corrected chi connectivity index (χ1v) is 8.78. The molecule has 1 aromatic rings. The van der Waals surface area contributed by atoms with Crippen LogP contribution in [0.5, 0.6) is 5.75 Å². The van der Waals surface area contributed by atoms with Gasteiger partial charge in [-0.05, 0) is 43.9 Å². The summed E-state index contributed by atoms with van der Waals surface area (Å²) >= 11 is 0. The Morgan fingerprint density at radius 3 is 2.12 bits per heavy atom. The quantitative estimate of drug-likeness (QED) is 0.739. The van der Waals surface area contributed by atoms with Gasteiger partial charge in [0.1, 0.15) is 11.8 Å². The highest BCUT2D eigenvalue weighted by molar-refractivity contribution is 5.84. The average molecular weight is 365 g/mol. The van der Waals surface area contributed by atoms with Gasteiger partial charge in [0.25, 0.3) is 5.91 Å². The summed E-state index contributed by atoms with van der Waals surface area (Å²) in [4.78, 5) is 23.3. The fourth-order valence-electron chi connectivity index (χ4n) is 2.18. The van der Waals surface area contributed by atoms with Gasteiger partial charge in [-0.3, -0.25) is 4.79 Å². The molecule has 6 nitrogen and oxygen atoms in total. The van der Waals surface area contributed by atoms with Gasteiger partial charge in [0.15, 0.2) is 6.61 Å². The number of carboxylic acids is 1. The number of rotatable bonds is 8. The molecular weight excluding hydrogens is 334 g/mol. The van der Waals surface area contributed by atoms with E-state index in [2.05, 4.69) is 26.1 Å². The maximum absolute atomic E-state index is 12.0. The van der Waals surface area contributed by atoms with E-state index in [-0.39, 0.29) is 30.7 Å². The molecule has 1 rings (SSSR count). The van der Waals surface area contributed by atoms with Crippen LogP contribution in [0.4, 0.5) is 0 Å². The highest BCUT2D eigenvalue weighted by atomic mass is 16.5. The lowest BCUT2D eigenvalue weighted by Gasteiger charge is -2.21. The summed E-state index contributed by atoms with van der Waals surface area (Å²) in [7, 11) is 0. The third kappa shape index (κ3) is 8.34. The highest BCUT2D eigenvalue weighted by Crippen LogP contribution is 2.24. The van der Waals surface area contributed by atoms with E-state index < -0.39 is 17.9 Å². The molecule has 1 unspecified atom stereocenters. The Kier molecular flexibility index (Phi) is 7.63. The third-order valence-electron chi connectivity index (χ3n) is 3.67. The second-order valence-corrected chi connectivity index (χ2v) is 8.27. The van der Waals surface area contributed by atoms with E-state index in [1.807, 2.05) is 32.9 Å². The van der Waals surface area contributed by atoms with Crippen LogP contribution in [0.15, 0.2) is 24.3 Å². The van der Waals surface area contributed by atoms with E-state index in [0.717, 1.165) is 0 Å². The van der Waals surface area contributed by atoms with Crippen molar-refractivity contribution in [3.8, 4) is 5.75 Å². The number of ether oxygens (including phenoxy) is 2. The van der Waals surface area contributed by atoms with Crippen molar-refractivity contribution in [2.45, 2.75) is 65.0 Å². The van der Waals surface area contributed by atoms with Crippen molar-refractivity contribution in [1.29, 1.82) is 0 Å². The number of carbonyl (C=O) groups is 2. The van der Waals surface area contributed by atoms with Crippen LogP contribution in [-0.2, 0) is 19.7 Å². The van der Waals surface area contributed by atoms with E-state index >= 15 is 0 Å². The summed E-state index contributed by atoms with van der Waals surface area (Å²) in [5.41, 5.74) is 0.855. The molecule has 0 aromatic heterocycles. The largest absolute Gasteiger partial charge is 0.484 e. The van der Waals surface area contributed by atoms with E-state index in [4.69, 9.17) is 9.47 Å². The van der Waals surface area contributed by atoms with Crippen LogP contribution in [0.1, 0.15) is 53.5 Å². The Balaban J connectivity index is 2.49. The monoisotopic (exact) mass is 365 g/mol. The van der Waals surface area contributed by atoms with Gasteiger partial charge in [-0.1, -0.05) is 32.9 Å².